The van der Waals surface area contributed by atoms with Crippen LogP contribution in [-0.2, 0) is 16.0 Å². The zero-order valence-electron chi connectivity index (χ0n) is 11.0. The summed E-state index contributed by atoms with van der Waals surface area (Å²) in [5, 5.41) is 5.80. The van der Waals surface area contributed by atoms with Crippen LogP contribution in [0.25, 0.3) is 0 Å². The van der Waals surface area contributed by atoms with Crippen molar-refractivity contribution in [3.63, 3.8) is 0 Å². The van der Waals surface area contributed by atoms with Gasteiger partial charge in [0, 0.05) is 39.9 Å². The van der Waals surface area contributed by atoms with E-state index in [2.05, 4.69) is 10.6 Å². The zero-order chi connectivity index (χ0) is 13.4. The molecule has 0 atom stereocenters. The largest absolute Gasteiger partial charge is 0.355 e. The van der Waals surface area contributed by atoms with Crippen LogP contribution in [-0.4, -0.2) is 40.0 Å². The Hall–Kier alpha value is -1.43. The Morgan fingerprint density at radius 1 is 1.22 bits per heavy atom. The highest BCUT2D eigenvalue weighted by Crippen LogP contribution is 2.04. The minimum absolute atomic E-state index is 0.0756. The fourth-order valence-electron chi connectivity index (χ4n) is 1.52. The van der Waals surface area contributed by atoms with Crippen LogP contribution in [0.15, 0.2) is 24.3 Å². The van der Waals surface area contributed by atoms with Gasteiger partial charge in [0.15, 0.2) is 6.29 Å². The van der Waals surface area contributed by atoms with E-state index in [4.69, 9.17) is 9.47 Å². The van der Waals surface area contributed by atoms with Gasteiger partial charge in [-0.25, -0.2) is 0 Å². The van der Waals surface area contributed by atoms with Crippen molar-refractivity contribution in [2.45, 2.75) is 12.8 Å². The van der Waals surface area contributed by atoms with E-state index in [0.717, 1.165) is 5.56 Å². The predicted octanol–water partition coefficient (Wildman–Crippen LogP) is 0.755. The molecule has 0 aliphatic carbocycles. The second-order valence-electron chi connectivity index (χ2n) is 3.81. The topological polar surface area (TPSA) is 59.6 Å². The molecule has 1 aromatic carbocycles. The second kappa shape index (κ2) is 7.81. The van der Waals surface area contributed by atoms with Crippen molar-refractivity contribution in [2.24, 2.45) is 0 Å². The molecule has 0 aliphatic heterocycles. The van der Waals surface area contributed by atoms with E-state index >= 15 is 0 Å². The third kappa shape index (κ3) is 4.44. The van der Waals surface area contributed by atoms with Gasteiger partial charge in [0.2, 0.25) is 0 Å². The van der Waals surface area contributed by atoms with Crippen molar-refractivity contribution in [3.8, 4) is 0 Å². The molecule has 0 saturated carbocycles. The summed E-state index contributed by atoms with van der Waals surface area (Å²) in [6.45, 7) is 1.32. The van der Waals surface area contributed by atoms with Crippen LogP contribution in [0, 0.1) is 0 Å². The van der Waals surface area contributed by atoms with Crippen LogP contribution in [0.3, 0.4) is 0 Å². The van der Waals surface area contributed by atoms with Crippen molar-refractivity contribution in [2.75, 3.05) is 27.8 Å². The molecule has 0 bridgehead atoms. The first kappa shape index (κ1) is 14.6. The van der Waals surface area contributed by atoms with Crippen LogP contribution in [0.2, 0.25) is 0 Å². The first-order valence-corrected chi connectivity index (χ1v) is 5.78. The molecule has 0 aromatic heterocycles. The van der Waals surface area contributed by atoms with Gasteiger partial charge in [-0.3, -0.25) is 4.79 Å². The number of rotatable bonds is 7. The SMILES string of the molecule is CNC(=O)c1ccc(CNCC(OC)OC)cc1. The molecular weight excluding hydrogens is 232 g/mol. The highest BCUT2D eigenvalue weighted by molar-refractivity contribution is 5.93. The Morgan fingerprint density at radius 3 is 2.33 bits per heavy atom. The molecule has 0 unspecified atom stereocenters. The lowest BCUT2D eigenvalue weighted by molar-refractivity contribution is -0.0989. The average molecular weight is 252 g/mol. The summed E-state index contributed by atoms with van der Waals surface area (Å²) in [7, 11) is 4.83. The van der Waals surface area contributed by atoms with E-state index in [1.54, 1.807) is 33.4 Å². The molecule has 100 valence electrons. The van der Waals surface area contributed by atoms with E-state index in [0.29, 0.717) is 18.7 Å². The smallest absolute Gasteiger partial charge is 0.251 e. The normalized spacial score (nSPS) is 10.7. The molecule has 0 saturated heterocycles. The summed E-state index contributed by atoms with van der Waals surface area (Å²) in [5.41, 5.74) is 1.77. The number of carbonyl (C=O) groups is 1. The fraction of sp³-hybridized carbons (Fsp3) is 0.462. The van der Waals surface area contributed by atoms with Gasteiger partial charge in [-0.05, 0) is 17.7 Å². The van der Waals surface area contributed by atoms with Gasteiger partial charge in [0.1, 0.15) is 0 Å². The summed E-state index contributed by atoms with van der Waals surface area (Å²) in [6, 6.07) is 7.46. The van der Waals surface area contributed by atoms with E-state index in [-0.39, 0.29) is 12.2 Å². The van der Waals surface area contributed by atoms with Gasteiger partial charge >= 0.3 is 0 Å². The standard InChI is InChI=1S/C13H20N2O3/c1-14-13(16)11-6-4-10(5-7-11)8-15-9-12(17-2)18-3/h4-7,12,15H,8-9H2,1-3H3,(H,14,16). The third-order valence-corrected chi connectivity index (χ3v) is 2.61. The molecule has 18 heavy (non-hydrogen) atoms. The number of ether oxygens (including phenoxy) is 2. The van der Waals surface area contributed by atoms with Crippen LogP contribution < -0.4 is 10.6 Å². The summed E-state index contributed by atoms with van der Waals surface area (Å²) >= 11 is 0. The lowest BCUT2D eigenvalue weighted by Gasteiger charge is -2.14. The summed E-state index contributed by atoms with van der Waals surface area (Å²) in [5.74, 6) is -0.0756. The summed E-state index contributed by atoms with van der Waals surface area (Å²) in [4.78, 5) is 11.3. The highest BCUT2D eigenvalue weighted by atomic mass is 16.7. The Morgan fingerprint density at radius 2 is 1.83 bits per heavy atom. The Balaban J connectivity index is 2.42. The van der Waals surface area contributed by atoms with E-state index in [9.17, 15) is 4.79 Å². The number of amides is 1. The van der Waals surface area contributed by atoms with Gasteiger partial charge in [-0.1, -0.05) is 12.1 Å². The molecule has 1 rings (SSSR count). The lowest BCUT2D eigenvalue weighted by Crippen LogP contribution is -2.29. The maximum atomic E-state index is 11.3. The monoisotopic (exact) mass is 252 g/mol. The minimum Gasteiger partial charge on any atom is -0.355 e. The molecule has 0 spiro atoms. The van der Waals surface area contributed by atoms with Crippen molar-refractivity contribution in [1.29, 1.82) is 0 Å². The molecule has 2 N–H and O–H groups in total. The fourth-order valence-corrected chi connectivity index (χ4v) is 1.52. The number of hydrogen-bond acceptors (Lipinski definition) is 4. The van der Waals surface area contributed by atoms with Crippen LogP contribution in [0.4, 0.5) is 0 Å². The highest BCUT2D eigenvalue weighted by Gasteiger charge is 2.05. The Kier molecular flexibility index (Phi) is 6.35. The summed E-state index contributed by atoms with van der Waals surface area (Å²) < 4.78 is 10.1. The number of methoxy groups -OCH3 is 2. The maximum Gasteiger partial charge on any atom is 0.251 e. The van der Waals surface area contributed by atoms with E-state index < -0.39 is 0 Å². The number of hydrogen-bond donors (Lipinski definition) is 2. The van der Waals surface area contributed by atoms with Crippen molar-refractivity contribution in [3.05, 3.63) is 35.4 Å². The lowest BCUT2D eigenvalue weighted by atomic mass is 10.1. The van der Waals surface area contributed by atoms with Gasteiger partial charge < -0.3 is 20.1 Å². The van der Waals surface area contributed by atoms with Crippen LogP contribution >= 0.6 is 0 Å². The third-order valence-electron chi connectivity index (χ3n) is 2.61. The molecule has 5 heteroatoms. The minimum atomic E-state index is -0.241. The molecule has 1 amide bonds. The molecule has 0 aliphatic rings. The zero-order valence-corrected chi connectivity index (χ0v) is 11.0. The van der Waals surface area contributed by atoms with Crippen LogP contribution in [0.5, 0.6) is 0 Å². The van der Waals surface area contributed by atoms with Gasteiger partial charge in [-0.2, -0.15) is 0 Å². The molecule has 0 heterocycles. The van der Waals surface area contributed by atoms with E-state index in [1.807, 2.05) is 12.1 Å². The van der Waals surface area contributed by atoms with Gasteiger partial charge in [0.25, 0.3) is 5.91 Å². The summed E-state index contributed by atoms with van der Waals surface area (Å²) in [6.07, 6.45) is -0.241. The van der Waals surface area contributed by atoms with Gasteiger partial charge in [0.05, 0.1) is 0 Å². The second-order valence-corrected chi connectivity index (χ2v) is 3.81. The maximum absolute atomic E-state index is 11.3. The number of carbonyl (C=O) groups excluding carboxylic acids is 1. The molecule has 5 nitrogen and oxygen atoms in total. The predicted molar refractivity (Wildman–Crippen MR) is 69.3 cm³/mol. The Labute approximate surface area is 107 Å². The first-order chi connectivity index (χ1) is 8.71. The first-order valence-electron chi connectivity index (χ1n) is 5.78. The van der Waals surface area contributed by atoms with Crippen LogP contribution in [0.1, 0.15) is 15.9 Å². The molecular formula is C13H20N2O3. The molecule has 0 fully saturated rings. The molecule has 1 aromatic rings. The van der Waals surface area contributed by atoms with Crippen molar-refractivity contribution < 1.29 is 14.3 Å². The number of nitrogens with one attached hydrogen (secondary N) is 2. The Bertz CT molecular complexity index is 361. The van der Waals surface area contributed by atoms with E-state index in [1.165, 1.54) is 0 Å². The van der Waals surface area contributed by atoms with Crippen molar-refractivity contribution in [1.82, 2.24) is 10.6 Å². The molecule has 0 radical (unpaired) electrons. The quantitative estimate of drug-likeness (QED) is 0.703. The average Bonchev–Trinajstić information content (AvgIpc) is 2.43. The van der Waals surface area contributed by atoms with Gasteiger partial charge in [-0.15, -0.1) is 0 Å². The number of benzene rings is 1. The van der Waals surface area contributed by atoms with Crippen molar-refractivity contribution >= 4 is 5.91 Å².